The van der Waals surface area contributed by atoms with Crippen LogP contribution in [0.15, 0.2) is 122 Å². The zero-order valence-electron chi connectivity index (χ0n) is 16.3. The van der Waals surface area contributed by atoms with Crippen molar-refractivity contribution in [1.82, 2.24) is 0 Å². The molecular formula is C27H24BrP. The Labute approximate surface area is 181 Å². The Balaban J connectivity index is 2.04. The van der Waals surface area contributed by atoms with Crippen LogP contribution in [0.5, 0.6) is 0 Å². The third-order valence-electron chi connectivity index (χ3n) is 5.58. The number of hydrogen-bond acceptors (Lipinski definition) is 0. The van der Waals surface area contributed by atoms with Crippen LogP contribution in [-0.2, 0) is 6.16 Å². The maximum atomic E-state index is 4.50. The van der Waals surface area contributed by atoms with Crippen molar-refractivity contribution in [2.24, 2.45) is 0 Å². The summed E-state index contributed by atoms with van der Waals surface area (Å²) in [6.45, 7) is 3.89. The maximum absolute atomic E-state index is 4.50. The molecule has 2 heteroatoms. The quantitative estimate of drug-likeness (QED) is 0.283. The van der Waals surface area contributed by atoms with Crippen molar-refractivity contribution < 1.29 is 0 Å². The van der Waals surface area contributed by atoms with Gasteiger partial charge in [-0.3, -0.25) is 0 Å². The van der Waals surface area contributed by atoms with Gasteiger partial charge in [-0.2, -0.15) is 0 Å². The molecule has 0 aromatic heterocycles. The number of halogens is 1. The van der Waals surface area contributed by atoms with Gasteiger partial charge in [-0.1, -0.05) is 0 Å². The Morgan fingerprint density at radius 3 is 1.31 bits per heavy atom. The third-order valence-corrected chi connectivity index (χ3v) is 15.1. The fourth-order valence-electron chi connectivity index (χ4n) is 4.04. The van der Waals surface area contributed by atoms with Gasteiger partial charge in [0.05, 0.1) is 0 Å². The first-order chi connectivity index (χ1) is 14.1. The molecule has 0 amide bonds. The van der Waals surface area contributed by atoms with Gasteiger partial charge in [-0.15, -0.1) is 0 Å². The Morgan fingerprint density at radius 1 is 0.586 bits per heavy atom. The van der Waals surface area contributed by atoms with Gasteiger partial charge in [0.2, 0.25) is 0 Å². The molecule has 0 bridgehead atoms. The molecule has 0 aliphatic heterocycles. The van der Waals surface area contributed by atoms with Crippen LogP contribution in [0.3, 0.4) is 0 Å². The topological polar surface area (TPSA) is 0 Å². The Kier molecular flexibility index (Phi) is 5.54. The Bertz CT molecular complexity index is 988. The molecule has 0 unspecified atom stereocenters. The van der Waals surface area contributed by atoms with Gasteiger partial charge in [0.25, 0.3) is 0 Å². The third kappa shape index (κ3) is 3.50. The van der Waals surface area contributed by atoms with Crippen molar-refractivity contribution in [3.63, 3.8) is 0 Å². The first kappa shape index (κ1) is 19.8. The molecule has 4 aromatic carbocycles. The number of hydrogen-bond donors (Lipinski definition) is 0. The fourth-order valence-corrected chi connectivity index (χ4v) is 11.8. The summed E-state index contributed by atoms with van der Waals surface area (Å²) in [4.78, 5) is 0. The summed E-state index contributed by atoms with van der Waals surface area (Å²) in [5.74, 6) is 0. The number of rotatable bonds is 6. The minimum absolute atomic E-state index is 0.904. The molecule has 4 aromatic rings. The predicted molar refractivity (Wildman–Crippen MR) is 134 cm³/mol. The molecule has 0 aliphatic rings. The first-order valence-electron chi connectivity index (χ1n) is 9.76. The molecule has 0 nitrogen and oxygen atoms in total. The van der Waals surface area contributed by atoms with E-state index < -0.39 is 5.31 Å². The summed E-state index contributed by atoms with van der Waals surface area (Å²) >= 11 is 4.50. The fraction of sp³-hybridized carbons (Fsp3) is 0.0370. The van der Waals surface area contributed by atoms with E-state index in [0.29, 0.717) is 0 Å². The van der Waals surface area contributed by atoms with Crippen LogP contribution in [0.2, 0.25) is 0 Å². The normalized spacial score (nSPS) is 12.7. The molecule has 0 spiro atoms. The van der Waals surface area contributed by atoms with Crippen LogP contribution in [0.1, 0.15) is 11.1 Å². The molecule has 29 heavy (non-hydrogen) atoms. The van der Waals surface area contributed by atoms with Crippen molar-refractivity contribution in [2.45, 2.75) is 6.16 Å². The van der Waals surface area contributed by atoms with Crippen molar-refractivity contribution in [2.75, 3.05) is 0 Å². The standard InChI is InChI=1S/C27H24BrP/c1-2-23-18-20-24(21-19-23)22-29(28,25-12-6-3-7-13-25,26-14-8-4-9-15-26)27-16-10-5-11-17-27/h2-21H,1,22H2. The van der Waals surface area contributed by atoms with E-state index >= 15 is 0 Å². The van der Waals surface area contributed by atoms with E-state index in [0.717, 1.165) is 11.7 Å². The molecule has 0 N–H and O–H groups in total. The van der Waals surface area contributed by atoms with E-state index in [2.05, 4.69) is 137 Å². The second kappa shape index (κ2) is 8.11. The van der Waals surface area contributed by atoms with Crippen LogP contribution < -0.4 is 15.9 Å². The molecule has 0 fully saturated rings. The van der Waals surface area contributed by atoms with Crippen molar-refractivity contribution in [1.29, 1.82) is 0 Å². The first-order valence-corrected chi connectivity index (χ1v) is 14.2. The summed E-state index contributed by atoms with van der Waals surface area (Å²) in [5, 5.41) is 1.09. The van der Waals surface area contributed by atoms with E-state index in [-0.39, 0.29) is 0 Å². The average Bonchev–Trinajstić information content (AvgIpc) is 2.81. The molecule has 0 radical (unpaired) electrons. The summed E-state index contributed by atoms with van der Waals surface area (Å²) in [6, 6.07) is 41.5. The van der Waals surface area contributed by atoms with Gasteiger partial charge < -0.3 is 0 Å². The van der Waals surface area contributed by atoms with E-state index in [1.807, 2.05) is 6.08 Å². The van der Waals surface area contributed by atoms with E-state index in [1.165, 1.54) is 21.5 Å². The van der Waals surface area contributed by atoms with Crippen LogP contribution in [-0.4, -0.2) is 0 Å². The zero-order valence-corrected chi connectivity index (χ0v) is 18.8. The molecule has 0 saturated heterocycles. The van der Waals surface area contributed by atoms with Crippen LogP contribution in [0.4, 0.5) is 0 Å². The van der Waals surface area contributed by atoms with Crippen LogP contribution in [0, 0.1) is 0 Å². The van der Waals surface area contributed by atoms with Crippen molar-refractivity contribution in [3.05, 3.63) is 133 Å². The van der Waals surface area contributed by atoms with Gasteiger partial charge >= 0.3 is 182 Å². The molecule has 0 heterocycles. The molecule has 0 aliphatic carbocycles. The second-order valence-corrected chi connectivity index (χ2v) is 16.2. The molecule has 0 saturated carbocycles. The zero-order chi connectivity index (χ0) is 20.2. The molecule has 4 rings (SSSR count). The van der Waals surface area contributed by atoms with E-state index in [4.69, 9.17) is 0 Å². The van der Waals surface area contributed by atoms with Crippen molar-refractivity contribution >= 4 is 42.8 Å². The summed E-state index contributed by atoms with van der Waals surface area (Å²) in [6.07, 6.45) is 2.80. The molecule has 0 atom stereocenters. The van der Waals surface area contributed by atoms with Gasteiger partial charge in [0.1, 0.15) is 0 Å². The second-order valence-electron chi connectivity index (χ2n) is 7.29. The predicted octanol–water partition coefficient (Wildman–Crippen LogP) is 6.67. The van der Waals surface area contributed by atoms with Gasteiger partial charge in [0, 0.05) is 0 Å². The SMILES string of the molecule is C=Cc1ccc(CP(Br)(c2ccccc2)(c2ccccc2)c2ccccc2)cc1. The molecule has 144 valence electrons. The van der Waals surface area contributed by atoms with Crippen molar-refractivity contribution in [3.8, 4) is 0 Å². The summed E-state index contributed by atoms with van der Waals surface area (Å²) in [5.41, 5.74) is 2.45. The van der Waals surface area contributed by atoms with E-state index in [1.54, 1.807) is 0 Å². The minimum atomic E-state index is -2.92. The van der Waals surface area contributed by atoms with E-state index in [9.17, 15) is 0 Å². The van der Waals surface area contributed by atoms with Gasteiger partial charge in [-0.05, 0) is 0 Å². The summed E-state index contributed by atoms with van der Waals surface area (Å²) < 4.78 is 0. The van der Waals surface area contributed by atoms with Crippen LogP contribution in [0.25, 0.3) is 6.08 Å². The van der Waals surface area contributed by atoms with Gasteiger partial charge in [0.15, 0.2) is 0 Å². The number of benzene rings is 4. The monoisotopic (exact) mass is 458 g/mol. The van der Waals surface area contributed by atoms with Gasteiger partial charge in [-0.25, -0.2) is 0 Å². The molecular weight excluding hydrogens is 435 g/mol. The van der Waals surface area contributed by atoms with Crippen LogP contribution >= 0.6 is 20.8 Å². The Hall–Kier alpha value is -2.47. The average molecular weight is 459 g/mol. The Morgan fingerprint density at radius 2 is 0.966 bits per heavy atom. The summed E-state index contributed by atoms with van der Waals surface area (Å²) in [7, 11) is 0.